The fourth-order valence-corrected chi connectivity index (χ4v) is 2.96. The zero-order chi connectivity index (χ0) is 10.6. The second-order valence-corrected chi connectivity index (χ2v) is 4.79. The molecule has 84 valence electrons. The van der Waals surface area contributed by atoms with Crippen molar-refractivity contribution in [2.24, 2.45) is 11.8 Å². The van der Waals surface area contributed by atoms with Crippen molar-refractivity contribution in [3.63, 3.8) is 0 Å². The first-order valence-electron chi connectivity index (χ1n) is 5.48. The van der Waals surface area contributed by atoms with E-state index in [0.717, 1.165) is 0 Å². The van der Waals surface area contributed by atoms with E-state index in [4.69, 9.17) is 0 Å². The van der Waals surface area contributed by atoms with Crippen LogP contribution in [0.15, 0.2) is 0 Å². The minimum atomic E-state index is -2.64. The molecule has 3 atom stereocenters. The highest BCUT2D eigenvalue weighted by molar-refractivity contribution is 5.79. The lowest BCUT2D eigenvalue weighted by molar-refractivity contribution is -0.146. The Bertz CT molecular complexity index is 308. The quantitative estimate of drug-likeness (QED) is 0.690. The van der Waals surface area contributed by atoms with Crippen LogP contribution in [0.2, 0.25) is 0 Å². The number of fused-ring (bicyclic) bond motifs is 1. The van der Waals surface area contributed by atoms with Gasteiger partial charge in [-0.3, -0.25) is 4.79 Å². The van der Waals surface area contributed by atoms with Crippen molar-refractivity contribution >= 4 is 5.91 Å². The van der Waals surface area contributed by atoms with Crippen LogP contribution in [0, 0.1) is 11.8 Å². The molecule has 3 nitrogen and oxygen atoms in total. The molecule has 3 aliphatic rings. The number of hydrogen-bond acceptors (Lipinski definition) is 2. The summed E-state index contributed by atoms with van der Waals surface area (Å²) in [6, 6.07) is -0.823. The molecule has 1 heterocycles. The van der Waals surface area contributed by atoms with Crippen molar-refractivity contribution in [2.75, 3.05) is 19.6 Å². The zero-order valence-corrected chi connectivity index (χ0v) is 8.38. The van der Waals surface area contributed by atoms with E-state index in [1.165, 1.54) is 4.90 Å². The molecule has 1 N–H and O–H groups in total. The van der Waals surface area contributed by atoms with Crippen LogP contribution in [-0.4, -0.2) is 42.4 Å². The minimum Gasteiger partial charge on any atom is -0.331 e. The Labute approximate surface area is 86.8 Å². The average Bonchev–Trinajstić information content (AvgIpc) is 2.90. The van der Waals surface area contributed by atoms with Gasteiger partial charge >= 0.3 is 0 Å². The second-order valence-electron chi connectivity index (χ2n) is 4.79. The molecule has 0 spiro atoms. The lowest BCUT2D eigenvalue weighted by atomic mass is 10.1. The Balaban J connectivity index is 1.79. The molecule has 0 bridgehead atoms. The first kappa shape index (κ1) is 9.51. The summed E-state index contributed by atoms with van der Waals surface area (Å²) >= 11 is 0. The normalized spacial score (nSPS) is 42.9. The third-order valence-corrected chi connectivity index (χ3v) is 3.89. The zero-order valence-electron chi connectivity index (χ0n) is 8.38. The van der Waals surface area contributed by atoms with Gasteiger partial charge in [0.25, 0.3) is 5.92 Å². The van der Waals surface area contributed by atoms with E-state index in [9.17, 15) is 13.6 Å². The molecule has 0 aromatic carbocycles. The number of halogens is 2. The standard InChI is InChI=1S/C10H14F2N2O/c11-10(12)7-3-6(7)4-8(10)14-2-1-13-5-9(14)15/h6-8,13H,1-5H2. The van der Waals surface area contributed by atoms with Gasteiger partial charge in [0.15, 0.2) is 0 Å². The summed E-state index contributed by atoms with van der Waals surface area (Å²) in [5.41, 5.74) is 0. The summed E-state index contributed by atoms with van der Waals surface area (Å²) in [4.78, 5) is 12.9. The van der Waals surface area contributed by atoms with Crippen molar-refractivity contribution < 1.29 is 13.6 Å². The monoisotopic (exact) mass is 216 g/mol. The Morgan fingerprint density at radius 1 is 1.40 bits per heavy atom. The van der Waals surface area contributed by atoms with E-state index < -0.39 is 17.9 Å². The number of piperazine rings is 1. The summed E-state index contributed by atoms with van der Waals surface area (Å²) in [7, 11) is 0. The van der Waals surface area contributed by atoms with Crippen molar-refractivity contribution in [1.82, 2.24) is 10.2 Å². The molecule has 2 aliphatic carbocycles. The molecule has 3 rings (SSSR count). The van der Waals surface area contributed by atoms with Crippen molar-refractivity contribution in [2.45, 2.75) is 24.8 Å². The SMILES string of the molecule is O=C1CNCCN1C1CC2CC2C1(F)F. The maximum absolute atomic E-state index is 13.8. The van der Waals surface area contributed by atoms with E-state index >= 15 is 0 Å². The fourth-order valence-electron chi connectivity index (χ4n) is 2.96. The second kappa shape index (κ2) is 2.90. The molecule has 5 heteroatoms. The van der Waals surface area contributed by atoms with Crippen LogP contribution < -0.4 is 5.32 Å². The van der Waals surface area contributed by atoms with Crippen molar-refractivity contribution in [1.29, 1.82) is 0 Å². The first-order chi connectivity index (χ1) is 7.10. The van der Waals surface area contributed by atoms with E-state index in [-0.39, 0.29) is 18.4 Å². The number of rotatable bonds is 1. The van der Waals surface area contributed by atoms with E-state index in [1.54, 1.807) is 0 Å². The Hall–Kier alpha value is -0.710. The van der Waals surface area contributed by atoms with Gasteiger partial charge in [0, 0.05) is 19.0 Å². The van der Waals surface area contributed by atoms with Crippen LogP contribution in [0.25, 0.3) is 0 Å². The van der Waals surface area contributed by atoms with Crippen molar-refractivity contribution in [3.05, 3.63) is 0 Å². The Kier molecular flexibility index (Phi) is 1.84. The van der Waals surface area contributed by atoms with Crippen LogP contribution in [-0.2, 0) is 4.79 Å². The number of amides is 1. The van der Waals surface area contributed by atoms with Gasteiger partial charge in [-0.05, 0) is 18.8 Å². The maximum atomic E-state index is 13.8. The summed E-state index contributed by atoms with van der Waals surface area (Å²) in [6.45, 7) is 1.27. The van der Waals surface area contributed by atoms with Crippen LogP contribution in [0.5, 0.6) is 0 Å². The highest BCUT2D eigenvalue weighted by atomic mass is 19.3. The summed E-state index contributed by atoms with van der Waals surface area (Å²) in [5, 5.41) is 2.90. The van der Waals surface area contributed by atoms with E-state index in [2.05, 4.69) is 5.32 Å². The average molecular weight is 216 g/mol. The lowest BCUT2D eigenvalue weighted by Gasteiger charge is -2.37. The Morgan fingerprint density at radius 3 is 2.80 bits per heavy atom. The highest BCUT2D eigenvalue weighted by Gasteiger charge is 2.67. The third kappa shape index (κ3) is 1.29. The molecular weight excluding hydrogens is 202 g/mol. The first-order valence-corrected chi connectivity index (χ1v) is 5.48. The van der Waals surface area contributed by atoms with Gasteiger partial charge in [-0.1, -0.05) is 0 Å². The predicted molar refractivity (Wildman–Crippen MR) is 49.5 cm³/mol. The molecule has 0 radical (unpaired) electrons. The molecule has 0 aromatic rings. The molecule has 1 aliphatic heterocycles. The Morgan fingerprint density at radius 2 is 2.20 bits per heavy atom. The number of alkyl halides is 2. The van der Waals surface area contributed by atoms with Gasteiger partial charge in [-0.2, -0.15) is 0 Å². The molecule has 2 saturated carbocycles. The van der Waals surface area contributed by atoms with Crippen LogP contribution in [0.4, 0.5) is 8.78 Å². The summed E-state index contributed by atoms with van der Waals surface area (Å²) in [6.07, 6.45) is 1.16. The van der Waals surface area contributed by atoms with Gasteiger partial charge in [-0.25, -0.2) is 8.78 Å². The van der Waals surface area contributed by atoms with Gasteiger partial charge in [-0.15, -0.1) is 0 Å². The third-order valence-electron chi connectivity index (χ3n) is 3.89. The number of nitrogens with zero attached hydrogens (tertiary/aromatic N) is 1. The molecule has 1 amide bonds. The predicted octanol–water partition coefficient (Wildman–Crippen LogP) is 0.462. The van der Waals surface area contributed by atoms with E-state index in [1.807, 2.05) is 0 Å². The fraction of sp³-hybridized carbons (Fsp3) is 0.900. The van der Waals surface area contributed by atoms with Crippen LogP contribution >= 0.6 is 0 Å². The number of hydrogen-bond donors (Lipinski definition) is 1. The number of carbonyl (C=O) groups is 1. The summed E-state index contributed by atoms with van der Waals surface area (Å²) < 4.78 is 27.6. The maximum Gasteiger partial charge on any atom is 0.271 e. The van der Waals surface area contributed by atoms with Crippen molar-refractivity contribution in [3.8, 4) is 0 Å². The molecule has 0 aromatic heterocycles. The van der Waals surface area contributed by atoms with E-state index in [0.29, 0.717) is 25.9 Å². The van der Waals surface area contributed by atoms with Crippen LogP contribution in [0.1, 0.15) is 12.8 Å². The lowest BCUT2D eigenvalue weighted by Crippen LogP contribution is -2.57. The molecular formula is C10H14F2N2O. The van der Waals surface area contributed by atoms with Gasteiger partial charge in [0.2, 0.25) is 5.91 Å². The molecule has 3 fully saturated rings. The number of nitrogens with one attached hydrogen (secondary N) is 1. The summed E-state index contributed by atoms with van der Waals surface area (Å²) in [5.74, 6) is -3.08. The van der Waals surface area contributed by atoms with Gasteiger partial charge < -0.3 is 10.2 Å². The molecule has 1 saturated heterocycles. The minimum absolute atomic E-state index is 0.174. The smallest absolute Gasteiger partial charge is 0.271 e. The van der Waals surface area contributed by atoms with Crippen LogP contribution in [0.3, 0.4) is 0 Å². The number of carbonyl (C=O) groups excluding carboxylic acids is 1. The molecule has 3 unspecified atom stereocenters. The molecule has 15 heavy (non-hydrogen) atoms. The largest absolute Gasteiger partial charge is 0.331 e. The van der Waals surface area contributed by atoms with Gasteiger partial charge in [0.1, 0.15) is 0 Å². The van der Waals surface area contributed by atoms with Gasteiger partial charge in [0.05, 0.1) is 12.6 Å². The highest BCUT2D eigenvalue weighted by Crippen LogP contribution is 2.61. The topological polar surface area (TPSA) is 32.3 Å².